The second-order valence-electron chi connectivity index (χ2n) is 3.89. The Balaban J connectivity index is 2.45. The van der Waals surface area contributed by atoms with Crippen molar-refractivity contribution in [2.24, 2.45) is 7.05 Å². The largest absolute Gasteiger partial charge is 0.478 e. The molecule has 1 aromatic heterocycles. The summed E-state index contributed by atoms with van der Waals surface area (Å²) in [6.45, 7) is 0. The lowest BCUT2D eigenvalue weighted by molar-refractivity contribution is 0.0698. The highest BCUT2D eigenvalue weighted by Crippen LogP contribution is 2.23. The number of sulfonamides is 1. The van der Waals surface area contributed by atoms with Crippen molar-refractivity contribution in [2.75, 3.05) is 4.72 Å². The minimum Gasteiger partial charge on any atom is -0.478 e. The number of benzene rings is 1. The van der Waals surface area contributed by atoms with E-state index in [0.29, 0.717) is 4.47 Å². The van der Waals surface area contributed by atoms with Gasteiger partial charge in [0.2, 0.25) is 0 Å². The number of carbonyl (C=O) groups is 1. The van der Waals surface area contributed by atoms with Gasteiger partial charge >= 0.3 is 5.97 Å². The molecule has 2 N–H and O–H groups in total. The van der Waals surface area contributed by atoms with E-state index in [2.05, 4.69) is 25.8 Å². The minimum atomic E-state index is -3.90. The molecule has 1 heterocycles. The van der Waals surface area contributed by atoms with Crippen molar-refractivity contribution >= 4 is 37.6 Å². The number of carboxylic acids is 1. The van der Waals surface area contributed by atoms with E-state index in [-0.39, 0.29) is 16.3 Å². The smallest absolute Gasteiger partial charge is 0.337 e. The van der Waals surface area contributed by atoms with Gasteiger partial charge in [-0.2, -0.15) is 13.5 Å². The number of nitrogens with zero attached hydrogens (tertiary/aromatic N) is 2. The summed E-state index contributed by atoms with van der Waals surface area (Å²) in [5, 5.41) is 12.8. The van der Waals surface area contributed by atoms with E-state index in [4.69, 9.17) is 5.11 Å². The molecule has 9 heteroatoms. The van der Waals surface area contributed by atoms with Crippen LogP contribution >= 0.6 is 15.9 Å². The second kappa shape index (κ2) is 5.25. The molecule has 0 aliphatic heterocycles. The lowest BCUT2D eigenvalue weighted by atomic mass is 10.2. The Kier molecular flexibility index (Phi) is 3.82. The Morgan fingerprint density at radius 2 is 2.10 bits per heavy atom. The van der Waals surface area contributed by atoms with Gasteiger partial charge in [-0.25, -0.2) is 4.79 Å². The van der Waals surface area contributed by atoms with Gasteiger partial charge in [-0.15, -0.1) is 0 Å². The van der Waals surface area contributed by atoms with E-state index in [9.17, 15) is 13.2 Å². The third-order valence-corrected chi connectivity index (χ3v) is 4.44. The number of anilines is 1. The van der Waals surface area contributed by atoms with Gasteiger partial charge < -0.3 is 5.11 Å². The summed E-state index contributed by atoms with van der Waals surface area (Å²) < 4.78 is 28.3. The van der Waals surface area contributed by atoms with Gasteiger partial charge in [0.15, 0.2) is 5.03 Å². The molecule has 0 bridgehead atoms. The molecule has 2 rings (SSSR count). The Bertz CT molecular complexity index is 770. The number of halogens is 1. The van der Waals surface area contributed by atoms with E-state index in [0.717, 1.165) is 0 Å². The van der Waals surface area contributed by atoms with Crippen LogP contribution in [0.4, 0.5) is 5.69 Å². The summed E-state index contributed by atoms with van der Waals surface area (Å²) in [6.07, 6.45) is 1.34. The molecule has 0 aliphatic rings. The molecule has 0 atom stereocenters. The maximum Gasteiger partial charge on any atom is 0.337 e. The fourth-order valence-electron chi connectivity index (χ4n) is 1.60. The number of rotatable bonds is 4. The van der Waals surface area contributed by atoms with Gasteiger partial charge in [-0.1, -0.05) is 15.9 Å². The number of hydrogen-bond donors (Lipinski definition) is 2. The number of aromatic carboxylic acids is 1. The van der Waals surface area contributed by atoms with Crippen molar-refractivity contribution in [3.63, 3.8) is 0 Å². The molecule has 1 aromatic carbocycles. The van der Waals surface area contributed by atoms with Crippen molar-refractivity contribution in [3.05, 3.63) is 40.5 Å². The maximum atomic E-state index is 12.2. The van der Waals surface area contributed by atoms with Gasteiger partial charge in [0.05, 0.1) is 17.4 Å². The van der Waals surface area contributed by atoms with E-state index in [1.165, 1.54) is 36.1 Å². The lowest BCUT2D eigenvalue weighted by Crippen LogP contribution is -2.18. The van der Waals surface area contributed by atoms with Crippen molar-refractivity contribution < 1.29 is 18.3 Å². The van der Waals surface area contributed by atoms with Crippen LogP contribution in [0, 0.1) is 0 Å². The topological polar surface area (TPSA) is 101 Å². The standard InChI is InChI=1S/C11H10BrN3O4S/c1-15-10(4-5-13-15)20(18,19)14-9-3-2-7(12)6-8(9)11(16)17/h2-6,14H,1H3,(H,16,17). The van der Waals surface area contributed by atoms with Crippen LogP contribution < -0.4 is 4.72 Å². The molecule has 0 radical (unpaired) electrons. The van der Waals surface area contributed by atoms with Gasteiger partial charge in [-0.05, 0) is 24.3 Å². The monoisotopic (exact) mass is 359 g/mol. The summed E-state index contributed by atoms with van der Waals surface area (Å²) in [7, 11) is -2.42. The van der Waals surface area contributed by atoms with Gasteiger partial charge in [0.1, 0.15) is 0 Å². The Hall–Kier alpha value is -1.87. The van der Waals surface area contributed by atoms with E-state index in [1.807, 2.05) is 0 Å². The third kappa shape index (κ3) is 2.83. The fourth-order valence-corrected chi connectivity index (χ4v) is 3.17. The first-order valence-corrected chi connectivity index (χ1v) is 7.62. The van der Waals surface area contributed by atoms with E-state index in [1.54, 1.807) is 6.07 Å². The molecule has 0 unspecified atom stereocenters. The SMILES string of the molecule is Cn1nccc1S(=O)(=O)Nc1ccc(Br)cc1C(=O)O. The van der Waals surface area contributed by atoms with E-state index < -0.39 is 16.0 Å². The first kappa shape index (κ1) is 14.5. The van der Waals surface area contributed by atoms with Gasteiger partial charge in [0, 0.05) is 11.5 Å². The van der Waals surface area contributed by atoms with Crippen LogP contribution in [0.3, 0.4) is 0 Å². The molecule has 0 aliphatic carbocycles. The molecule has 0 saturated heterocycles. The van der Waals surface area contributed by atoms with Crippen LogP contribution in [-0.4, -0.2) is 29.3 Å². The number of aryl methyl sites for hydroxylation is 1. The van der Waals surface area contributed by atoms with Crippen molar-refractivity contribution in [2.45, 2.75) is 5.03 Å². The lowest BCUT2D eigenvalue weighted by Gasteiger charge is -2.10. The summed E-state index contributed by atoms with van der Waals surface area (Å²) in [5.41, 5.74) is -0.160. The zero-order chi connectivity index (χ0) is 14.9. The summed E-state index contributed by atoms with van der Waals surface area (Å²) >= 11 is 3.14. The number of nitrogens with one attached hydrogen (secondary N) is 1. The number of aromatic nitrogens is 2. The molecule has 20 heavy (non-hydrogen) atoms. The quantitative estimate of drug-likeness (QED) is 0.864. The maximum absolute atomic E-state index is 12.2. The van der Waals surface area contributed by atoms with Crippen molar-refractivity contribution in [1.82, 2.24) is 9.78 Å². The van der Waals surface area contributed by atoms with Crippen molar-refractivity contribution in [1.29, 1.82) is 0 Å². The van der Waals surface area contributed by atoms with Crippen LogP contribution in [0.1, 0.15) is 10.4 Å². The van der Waals surface area contributed by atoms with Crippen LogP contribution in [0.25, 0.3) is 0 Å². The molecule has 0 saturated carbocycles. The van der Waals surface area contributed by atoms with Crippen LogP contribution in [0.15, 0.2) is 40.0 Å². The highest BCUT2D eigenvalue weighted by molar-refractivity contribution is 9.10. The third-order valence-electron chi connectivity index (χ3n) is 2.51. The molecular formula is C11H10BrN3O4S. The molecule has 0 spiro atoms. The Morgan fingerprint density at radius 3 is 2.65 bits per heavy atom. The molecule has 7 nitrogen and oxygen atoms in total. The Labute approximate surface area is 123 Å². The van der Waals surface area contributed by atoms with Crippen LogP contribution in [0.5, 0.6) is 0 Å². The minimum absolute atomic E-state index is 0.0121. The van der Waals surface area contributed by atoms with Crippen LogP contribution in [0.2, 0.25) is 0 Å². The molecule has 2 aromatic rings. The number of hydrogen-bond acceptors (Lipinski definition) is 4. The zero-order valence-corrected chi connectivity index (χ0v) is 12.6. The fraction of sp³-hybridized carbons (Fsp3) is 0.0909. The predicted octanol–water partition coefficient (Wildman–Crippen LogP) is 1.68. The molecule has 0 amide bonds. The Morgan fingerprint density at radius 1 is 1.40 bits per heavy atom. The second-order valence-corrected chi connectivity index (χ2v) is 6.44. The average molecular weight is 360 g/mol. The molecular weight excluding hydrogens is 350 g/mol. The summed E-state index contributed by atoms with van der Waals surface area (Å²) in [5.74, 6) is -1.23. The molecule has 106 valence electrons. The highest BCUT2D eigenvalue weighted by Gasteiger charge is 2.21. The number of carboxylic acid groups (broad SMARTS) is 1. The van der Waals surface area contributed by atoms with Crippen LogP contribution in [-0.2, 0) is 17.1 Å². The normalized spacial score (nSPS) is 11.3. The molecule has 0 fully saturated rings. The summed E-state index contributed by atoms with van der Waals surface area (Å²) in [6, 6.07) is 5.57. The van der Waals surface area contributed by atoms with E-state index >= 15 is 0 Å². The van der Waals surface area contributed by atoms with Gasteiger partial charge in [0.25, 0.3) is 10.0 Å². The first-order valence-electron chi connectivity index (χ1n) is 5.35. The highest BCUT2D eigenvalue weighted by atomic mass is 79.9. The predicted molar refractivity (Wildman–Crippen MR) is 75.1 cm³/mol. The zero-order valence-electron chi connectivity index (χ0n) is 10.2. The van der Waals surface area contributed by atoms with Crippen molar-refractivity contribution in [3.8, 4) is 0 Å². The average Bonchev–Trinajstić information content (AvgIpc) is 2.78. The summed E-state index contributed by atoms with van der Waals surface area (Å²) in [4.78, 5) is 11.1. The first-order chi connectivity index (χ1) is 9.31. The van der Waals surface area contributed by atoms with Gasteiger partial charge in [-0.3, -0.25) is 9.40 Å².